The first-order valence-corrected chi connectivity index (χ1v) is 10.9. The highest BCUT2D eigenvalue weighted by Gasteiger charge is 2.39. The van der Waals surface area contributed by atoms with Crippen LogP contribution >= 0.6 is 0 Å². The Morgan fingerprint density at radius 2 is 1.41 bits per heavy atom. The molecule has 0 saturated heterocycles. The van der Waals surface area contributed by atoms with Crippen LogP contribution in [0.5, 0.6) is 0 Å². The number of carbonyl (C=O) groups excluding carboxylic acids is 1. The molecule has 29 heavy (non-hydrogen) atoms. The van der Waals surface area contributed by atoms with Crippen LogP contribution < -0.4 is 0 Å². The zero-order valence-electron chi connectivity index (χ0n) is 16.0. The minimum absolute atomic E-state index is 0.119. The molecule has 0 N–H and O–H groups in total. The van der Waals surface area contributed by atoms with Gasteiger partial charge in [-0.25, -0.2) is 12.7 Å². The Kier molecular flexibility index (Phi) is 5.07. The van der Waals surface area contributed by atoms with E-state index in [0.29, 0.717) is 6.42 Å². The SMILES string of the molecule is Cc1ccc(S(=O)(=O)N2C(=O)C=C(c3ccccc3)CC2c2ccccc2)cc1. The van der Waals surface area contributed by atoms with Gasteiger partial charge in [0.05, 0.1) is 10.9 Å². The van der Waals surface area contributed by atoms with Crippen LogP contribution in [-0.2, 0) is 14.8 Å². The Labute approximate surface area is 171 Å². The lowest BCUT2D eigenvalue weighted by Crippen LogP contribution is -2.41. The molecule has 4 rings (SSSR count). The van der Waals surface area contributed by atoms with Crippen LogP contribution in [-0.4, -0.2) is 18.6 Å². The first kappa shape index (κ1) is 19.2. The molecule has 1 aliphatic heterocycles. The lowest BCUT2D eigenvalue weighted by molar-refractivity contribution is -0.123. The van der Waals surface area contributed by atoms with E-state index in [0.717, 1.165) is 26.6 Å². The molecular formula is C24H21NO3S. The summed E-state index contributed by atoms with van der Waals surface area (Å²) in [7, 11) is -3.99. The molecular weight excluding hydrogens is 382 g/mol. The Hall–Kier alpha value is -3.18. The molecule has 3 aromatic rings. The molecule has 1 heterocycles. The number of amides is 1. The van der Waals surface area contributed by atoms with E-state index in [2.05, 4.69) is 0 Å². The van der Waals surface area contributed by atoms with Crippen molar-refractivity contribution in [2.24, 2.45) is 0 Å². The second-order valence-corrected chi connectivity index (χ2v) is 8.93. The van der Waals surface area contributed by atoms with Crippen LogP contribution in [0.2, 0.25) is 0 Å². The number of hydrogen-bond acceptors (Lipinski definition) is 3. The van der Waals surface area contributed by atoms with Crippen molar-refractivity contribution >= 4 is 21.5 Å². The van der Waals surface area contributed by atoms with Gasteiger partial charge in [0.2, 0.25) is 0 Å². The molecule has 3 aromatic carbocycles. The van der Waals surface area contributed by atoms with Gasteiger partial charge in [0.15, 0.2) is 0 Å². The molecule has 1 aliphatic rings. The zero-order chi connectivity index (χ0) is 20.4. The fourth-order valence-electron chi connectivity index (χ4n) is 3.61. The topological polar surface area (TPSA) is 54.5 Å². The fraction of sp³-hybridized carbons (Fsp3) is 0.125. The van der Waals surface area contributed by atoms with Gasteiger partial charge in [-0.1, -0.05) is 78.4 Å². The number of sulfonamides is 1. The van der Waals surface area contributed by atoms with Gasteiger partial charge in [-0.2, -0.15) is 0 Å². The third kappa shape index (κ3) is 3.74. The normalized spacial score (nSPS) is 17.1. The highest BCUT2D eigenvalue weighted by molar-refractivity contribution is 7.89. The van der Waals surface area contributed by atoms with E-state index in [4.69, 9.17) is 0 Å². The summed E-state index contributed by atoms with van der Waals surface area (Å²) in [4.78, 5) is 13.2. The van der Waals surface area contributed by atoms with Crippen molar-refractivity contribution in [1.82, 2.24) is 4.31 Å². The van der Waals surface area contributed by atoms with Crippen LogP contribution in [0.4, 0.5) is 0 Å². The summed E-state index contributed by atoms with van der Waals surface area (Å²) in [5.74, 6) is -0.524. The lowest BCUT2D eigenvalue weighted by Gasteiger charge is -2.34. The minimum atomic E-state index is -3.99. The van der Waals surface area contributed by atoms with Crippen molar-refractivity contribution in [1.29, 1.82) is 0 Å². The lowest BCUT2D eigenvalue weighted by atomic mass is 9.91. The molecule has 0 bridgehead atoms. The maximum Gasteiger partial charge on any atom is 0.267 e. The summed E-state index contributed by atoms with van der Waals surface area (Å²) in [6.45, 7) is 1.89. The van der Waals surface area contributed by atoms with E-state index in [9.17, 15) is 13.2 Å². The van der Waals surface area contributed by atoms with E-state index in [1.54, 1.807) is 24.3 Å². The van der Waals surface area contributed by atoms with Crippen LogP contribution in [0.3, 0.4) is 0 Å². The third-order valence-corrected chi connectivity index (χ3v) is 6.94. The molecule has 0 spiro atoms. The minimum Gasteiger partial charge on any atom is -0.269 e. The van der Waals surface area contributed by atoms with Crippen LogP contribution in [0.15, 0.2) is 95.9 Å². The molecule has 146 valence electrons. The monoisotopic (exact) mass is 403 g/mol. The number of nitrogens with zero attached hydrogens (tertiary/aromatic N) is 1. The Balaban J connectivity index is 1.83. The van der Waals surface area contributed by atoms with Gasteiger partial charge in [-0.05, 0) is 42.2 Å². The molecule has 0 aromatic heterocycles. The summed E-state index contributed by atoms with van der Waals surface area (Å²) in [6, 6.07) is 24.9. The summed E-state index contributed by atoms with van der Waals surface area (Å²) in [5.41, 5.74) is 3.51. The number of carbonyl (C=O) groups is 1. The van der Waals surface area contributed by atoms with Gasteiger partial charge in [0.25, 0.3) is 15.9 Å². The molecule has 0 saturated carbocycles. The predicted molar refractivity (Wildman–Crippen MR) is 113 cm³/mol. The number of hydrogen-bond donors (Lipinski definition) is 0. The standard InChI is InChI=1S/C24H21NO3S/c1-18-12-14-22(15-13-18)29(27,28)25-23(20-10-6-3-7-11-20)16-21(17-24(25)26)19-8-4-2-5-9-19/h2-15,17,23H,16H2,1H3. The van der Waals surface area contributed by atoms with E-state index in [-0.39, 0.29) is 4.90 Å². The van der Waals surface area contributed by atoms with Crippen molar-refractivity contribution in [2.75, 3.05) is 0 Å². The van der Waals surface area contributed by atoms with Gasteiger partial charge < -0.3 is 0 Å². The van der Waals surface area contributed by atoms with Crippen LogP contribution in [0.1, 0.15) is 29.2 Å². The van der Waals surface area contributed by atoms with Gasteiger partial charge in [-0.3, -0.25) is 4.79 Å². The Morgan fingerprint density at radius 1 is 0.828 bits per heavy atom. The maximum absolute atomic E-state index is 13.4. The van der Waals surface area contributed by atoms with E-state index < -0.39 is 22.0 Å². The molecule has 1 unspecified atom stereocenters. The second kappa shape index (κ2) is 7.68. The first-order valence-electron chi connectivity index (χ1n) is 9.43. The van der Waals surface area contributed by atoms with Gasteiger partial charge >= 0.3 is 0 Å². The van der Waals surface area contributed by atoms with Crippen LogP contribution in [0.25, 0.3) is 5.57 Å². The summed E-state index contributed by atoms with van der Waals surface area (Å²) in [5, 5.41) is 0. The molecule has 5 heteroatoms. The summed E-state index contributed by atoms with van der Waals surface area (Å²) >= 11 is 0. The van der Waals surface area contributed by atoms with Crippen molar-refractivity contribution in [2.45, 2.75) is 24.3 Å². The predicted octanol–water partition coefficient (Wildman–Crippen LogP) is 4.74. The highest BCUT2D eigenvalue weighted by atomic mass is 32.2. The molecule has 0 aliphatic carbocycles. The smallest absolute Gasteiger partial charge is 0.267 e. The van der Waals surface area contributed by atoms with E-state index >= 15 is 0 Å². The van der Waals surface area contributed by atoms with Crippen molar-refractivity contribution in [3.8, 4) is 0 Å². The second-order valence-electron chi connectivity index (χ2n) is 7.12. The quantitative estimate of drug-likeness (QED) is 0.632. The number of aryl methyl sites for hydroxylation is 1. The van der Waals surface area contributed by atoms with Gasteiger partial charge in [-0.15, -0.1) is 0 Å². The molecule has 1 amide bonds. The average Bonchev–Trinajstić information content (AvgIpc) is 2.74. The van der Waals surface area contributed by atoms with Crippen LogP contribution in [0, 0.1) is 6.92 Å². The highest BCUT2D eigenvalue weighted by Crippen LogP contribution is 2.39. The van der Waals surface area contributed by atoms with Crippen molar-refractivity contribution < 1.29 is 13.2 Å². The maximum atomic E-state index is 13.4. The largest absolute Gasteiger partial charge is 0.269 e. The first-order chi connectivity index (χ1) is 14.0. The fourth-order valence-corrected chi connectivity index (χ4v) is 5.14. The zero-order valence-corrected chi connectivity index (χ0v) is 16.8. The molecule has 1 atom stereocenters. The molecule has 0 radical (unpaired) electrons. The van der Waals surface area contributed by atoms with Crippen molar-refractivity contribution in [3.05, 3.63) is 108 Å². The molecule has 0 fully saturated rings. The number of rotatable bonds is 4. The van der Waals surface area contributed by atoms with Gasteiger partial charge in [0, 0.05) is 6.08 Å². The molecule has 4 nitrogen and oxygen atoms in total. The number of benzene rings is 3. The average molecular weight is 404 g/mol. The Bertz CT molecular complexity index is 1150. The Morgan fingerprint density at radius 3 is 2.03 bits per heavy atom. The summed E-state index contributed by atoms with van der Waals surface area (Å²) in [6.07, 6.45) is 1.87. The van der Waals surface area contributed by atoms with E-state index in [1.165, 1.54) is 6.08 Å². The van der Waals surface area contributed by atoms with Crippen molar-refractivity contribution in [3.63, 3.8) is 0 Å². The summed E-state index contributed by atoms with van der Waals surface area (Å²) < 4.78 is 27.9. The van der Waals surface area contributed by atoms with Gasteiger partial charge in [0.1, 0.15) is 0 Å². The van der Waals surface area contributed by atoms with E-state index in [1.807, 2.05) is 67.6 Å². The third-order valence-electron chi connectivity index (χ3n) is 5.12.